The zero-order valence-corrected chi connectivity index (χ0v) is 20.4. The van der Waals surface area contributed by atoms with E-state index in [0.717, 1.165) is 0 Å². The molecule has 0 aliphatic carbocycles. The predicted octanol–water partition coefficient (Wildman–Crippen LogP) is 5.87. The summed E-state index contributed by atoms with van der Waals surface area (Å²) in [6, 6.07) is 31.5. The number of ketones is 1. The molecule has 6 rings (SSSR count). The average Bonchev–Trinajstić information content (AvgIpc) is 3.43. The fourth-order valence-electron chi connectivity index (χ4n) is 5.51. The lowest BCUT2D eigenvalue weighted by molar-refractivity contribution is -0.384. The number of rotatable bonds is 5. The van der Waals surface area contributed by atoms with Gasteiger partial charge < -0.3 is 9.64 Å². The lowest BCUT2D eigenvalue weighted by atomic mass is 9.73. The molecule has 0 bridgehead atoms. The van der Waals surface area contributed by atoms with E-state index < -0.39 is 16.4 Å². The first-order chi connectivity index (χ1) is 18.4. The van der Waals surface area contributed by atoms with Crippen molar-refractivity contribution < 1.29 is 19.2 Å². The Morgan fingerprint density at radius 3 is 2.13 bits per heavy atom. The summed E-state index contributed by atoms with van der Waals surface area (Å²) in [7, 11) is 1.69. The van der Waals surface area contributed by atoms with Crippen LogP contribution < -0.4 is 4.90 Å². The normalized spacial score (nSPS) is 20.0. The number of benzene rings is 4. The molecule has 0 N–H and O–H groups in total. The van der Waals surface area contributed by atoms with Crippen LogP contribution in [-0.4, -0.2) is 23.7 Å². The summed E-state index contributed by atoms with van der Waals surface area (Å²) in [5.74, 6) is -1.12. The Morgan fingerprint density at radius 1 is 0.868 bits per heavy atom. The minimum atomic E-state index is -1.56. The fourth-order valence-corrected chi connectivity index (χ4v) is 5.51. The van der Waals surface area contributed by atoms with Crippen LogP contribution in [0, 0.1) is 10.1 Å². The minimum absolute atomic E-state index is 0.0832. The molecule has 1 spiro atoms. The van der Waals surface area contributed by atoms with Gasteiger partial charge in [0.25, 0.3) is 11.6 Å². The topological polar surface area (TPSA) is 89.8 Å². The van der Waals surface area contributed by atoms with E-state index in [0.29, 0.717) is 39.3 Å². The number of hydrogen-bond acceptors (Lipinski definition) is 5. The first-order valence-corrected chi connectivity index (χ1v) is 12.1. The first-order valence-electron chi connectivity index (χ1n) is 12.1. The number of nitro groups is 1. The molecule has 4 aromatic carbocycles. The highest BCUT2D eigenvalue weighted by molar-refractivity contribution is 6.18. The van der Waals surface area contributed by atoms with Gasteiger partial charge in [-0.1, -0.05) is 91.0 Å². The summed E-state index contributed by atoms with van der Waals surface area (Å²) in [5.41, 5.74) is 1.69. The Kier molecular flexibility index (Phi) is 5.42. The van der Waals surface area contributed by atoms with Crippen molar-refractivity contribution in [1.82, 2.24) is 0 Å². The van der Waals surface area contributed by atoms with E-state index in [4.69, 9.17) is 4.74 Å². The Bertz CT molecular complexity index is 1610. The standard InChI is InChI=1S/C31H22N2O5/c1-32-25-15-9-8-14-24(25)31(30(32)35)27(20-16-18-23(19-17-20)33(36)37)26(28(34)21-10-4-2-5-11-21)29(38-31)22-12-6-3-7-13-22/h2-19,27H,1H3. The van der Waals surface area contributed by atoms with E-state index in [1.807, 2.05) is 60.7 Å². The van der Waals surface area contributed by atoms with Crippen LogP contribution in [0.3, 0.4) is 0 Å². The highest BCUT2D eigenvalue weighted by Crippen LogP contribution is 2.60. The zero-order valence-electron chi connectivity index (χ0n) is 20.4. The molecule has 186 valence electrons. The van der Waals surface area contributed by atoms with Crippen molar-refractivity contribution in [1.29, 1.82) is 0 Å². The van der Waals surface area contributed by atoms with Gasteiger partial charge in [-0.25, -0.2) is 0 Å². The minimum Gasteiger partial charge on any atom is -0.470 e. The lowest BCUT2D eigenvalue weighted by Crippen LogP contribution is -2.43. The van der Waals surface area contributed by atoms with Crippen molar-refractivity contribution in [2.45, 2.75) is 11.5 Å². The van der Waals surface area contributed by atoms with Gasteiger partial charge >= 0.3 is 0 Å². The largest absolute Gasteiger partial charge is 0.470 e. The monoisotopic (exact) mass is 502 g/mol. The molecular formula is C31H22N2O5. The molecule has 1 amide bonds. The van der Waals surface area contributed by atoms with E-state index in [-0.39, 0.29) is 17.4 Å². The number of nitrogens with zero attached hydrogens (tertiary/aromatic N) is 2. The molecular weight excluding hydrogens is 480 g/mol. The van der Waals surface area contributed by atoms with Gasteiger partial charge in [0.05, 0.1) is 22.1 Å². The number of likely N-dealkylation sites (N-methyl/N-ethyl adjacent to an activating group) is 1. The molecule has 4 aromatic rings. The molecule has 2 aliphatic heterocycles. The van der Waals surface area contributed by atoms with Crippen molar-refractivity contribution >= 4 is 28.8 Å². The van der Waals surface area contributed by atoms with Gasteiger partial charge in [0.15, 0.2) is 5.78 Å². The number of non-ortho nitro benzene ring substituents is 1. The van der Waals surface area contributed by atoms with E-state index in [9.17, 15) is 19.7 Å². The smallest absolute Gasteiger partial charge is 0.276 e. The molecule has 2 atom stereocenters. The molecule has 0 fully saturated rings. The molecule has 2 aliphatic rings. The summed E-state index contributed by atoms with van der Waals surface area (Å²) >= 11 is 0. The molecule has 0 saturated heterocycles. The van der Waals surface area contributed by atoms with Crippen molar-refractivity contribution in [2.24, 2.45) is 0 Å². The number of nitro benzene ring substituents is 1. The first kappa shape index (κ1) is 23.4. The van der Waals surface area contributed by atoms with E-state index in [2.05, 4.69) is 0 Å². The summed E-state index contributed by atoms with van der Waals surface area (Å²) in [6.07, 6.45) is 0. The molecule has 7 heteroatoms. The maximum Gasteiger partial charge on any atom is 0.276 e. The quantitative estimate of drug-likeness (QED) is 0.193. The Morgan fingerprint density at radius 2 is 1.47 bits per heavy atom. The second kappa shape index (κ2) is 8.81. The van der Waals surface area contributed by atoms with Crippen LogP contribution in [0.25, 0.3) is 5.76 Å². The van der Waals surface area contributed by atoms with Crippen LogP contribution >= 0.6 is 0 Å². The fraction of sp³-hybridized carbons (Fsp3) is 0.0968. The van der Waals surface area contributed by atoms with Crippen molar-refractivity contribution in [3.05, 3.63) is 147 Å². The maximum atomic E-state index is 14.3. The number of fused-ring (bicyclic) bond motifs is 2. The highest BCUT2D eigenvalue weighted by Gasteiger charge is 2.64. The average molecular weight is 503 g/mol. The number of Topliss-reactive ketones (excluding diaryl/α,β-unsaturated/α-hetero) is 1. The van der Waals surface area contributed by atoms with E-state index in [1.54, 1.807) is 48.3 Å². The number of ether oxygens (including phenoxy) is 1. The van der Waals surface area contributed by atoms with Crippen LogP contribution in [0.1, 0.15) is 33.0 Å². The van der Waals surface area contributed by atoms with Crippen molar-refractivity contribution in [3.8, 4) is 0 Å². The number of carbonyl (C=O) groups is 2. The van der Waals surface area contributed by atoms with Gasteiger partial charge in [-0.3, -0.25) is 19.7 Å². The van der Waals surface area contributed by atoms with Crippen LogP contribution in [0.2, 0.25) is 0 Å². The molecule has 0 aromatic heterocycles. The molecule has 2 heterocycles. The van der Waals surface area contributed by atoms with E-state index >= 15 is 0 Å². The van der Waals surface area contributed by atoms with Crippen LogP contribution in [0.5, 0.6) is 0 Å². The van der Waals surface area contributed by atoms with Gasteiger partial charge in [0, 0.05) is 35.9 Å². The third kappa shape index (κ3) is 3.36. The summed E-state index contributed by atoms with van der Waals surface area (Å²) in [4.78, 5) is 40.9. The van der Waals surface area contributed by atoms with E-state index in [1.165, 1.54) is 12.1 Å². The third-order valence-electron chi connectivity index (χ3n) is 7.24. The van der Waals surface area contributed by atoms with Crippen molar-refractivity contribution in [3.63, 3.8) is 0 Å². The number of para-hydroxylation sites is 1. The summed E-state index contributed by atoms with van der Waals surface area (Å²) < 4.78 is 6.74. The van der Waals surface area contributed by atoms with Crippen LogP contribution in [0.4, 0.5) is 11.4 Å². The number of anilines is 1. The van der Waals surface area contributed by atoms with Crippen LogP contribution in [-0.2, 0) is 15.1 Å². The lowest BCUT2D eigenvalue weighted by Gasteiger charge is -2.31. The molecule has 38 heavy (non-hydrogen) atoms. The van der Waals surface area contributed by atoms with Gasteiger partial charge in [0.1, 0.15) is 5.76 Å². The highest BCUT2D eigenvalue weighted by atomic mass is 16.6. The Labute approximate surface area is 218 Å². The molecule has 2 unspecified atom stereocenters. The maximum absolute atomic E-state index is 14.3. The summed E-state index contributed by atoms with van der Waals surface area (Å²) in [5, 5.41) is 11.4. The second-order valence-corrected chi connectivity index (χ2v) is 9.30. The van der Waals surface area contributed by atoms with Gasteiger partial charge in [-0.05, 0) is 11.6 Å². The van der Waals surface area contributed by atoms with Gasteiger partial charge in [0.2, 0.25) is 5.60 Å². The Balaban J connectivity index is 1.67. The molecule has 0 radical (unpaired) electrons. The van der Waals surface area contributed by atoms with Gasteiger partial charge in [-0.2, -0.15) is 0 Å². The Hall–Kier alpha value is -5.04. The zero-order chi connectivity index (χ0) is 26.4. The van der Waals surface area contributed by atoms with Crippen LogP contribution in [0.15, 0.2) is 115 Å². The third-order valence-corrected chi connectivity index (χ3v) is 7.24. The molecule has 0 saturated carbocycles. The second-order valence-electron chi connectivity index (χ2n) is 9.30. The SMILES string of the molecule is CN1C(=O)C2(OC(c3ccccc3)=C(C(=O)c3ccccc3)C2c2ccc([N+](=O)[O-])cc2)c2ccccc21. The number of hydrogen-bond donors (Lipinski definition) is 0. The van der Waals surface area contributed by atoms with Gasteiger partial charge in [-0.15, -0.1) is 0 Å². The summed E-state index contributed by atoms with van der Waals surface area (Å²) in [6.45, 7) is 0. The van der Waals surface area contributed by atoms with Crippen molar-refractivity contribution in [2.75, 3.05) is 11.9 Å². The predicted molar refractivity (Wildman–Crippen MR) is 143 cm³/mol. The molecule has 7 nitrogen and oxygen atoms in total. The number of carbonyl (C=O) groups excluding carboxylic acids is 2. The number of amides is 1.